The van der Waals surface area contributed by atoms with Crippen LogP contribution in [0.15, 0.2) is 82.0 Å². The van der Waals surface area contributed by atoms with Gasteiger partial charge in [-0.25, -0.2) is 13.2 Å². The van der Waals surface area contributed by atoms with Crippen molar-refractivity contribution in [3.05, 3.63) is 77.7 Å². The number of nitrogens with zero attached hydrogens (tertiary/aromatic N) is 3. The summed E-state index contributed by atoms with van der Waals surface area (Å²) in [5, 5.41) is 18.8. The highest BCUT2D eigenvalue weighted by Crippen LogP contribution is 2.27. The molecule has 0 spiro atoms. The van der Waals surface area contributed by atoms with Crippen molar-refractivity contribution in [1.82, 2.24) is 20.4 Å². The lowest BCUT2D eigenvalue weighted by atomic mass is 10.0. The first-order valence-corrected chi connectivity index (χ1v) is 16.6. The number of aliphatic hydroxyl groups is 1. The van der Waals surface area contributed by atoms with Crippen molar-refractivity contribution in [1.29, 1.82) is 0 Å². The Kier molecular flexibility index (Phi) is 12.0. The van der Waals surface area contributed by atoms with Crippen molar-refractivity contribution < 1.29 is 18.3 Å². The molecule has 1 saturated heterocycles. The van der Waals surface area contributed by atoms with E-state index < -0.39 is 28.1 Å². The maximum atomic E-state index is 13.3. The van der Waals surface area contributed by atoms with E-state index in [9.17, 15) is 18.3 Å². The summed E-state index contributed by atoms with van der Waals surface area (Å²) < 4.78 is 25.9. The third kappa shape index (κ3) is 10.6. The average molecular weight is 612 g/mol. The topological polar surface area (TPSA) is 166 Å². The molecule has 1 unspecified atom stereocenters. The first-order chi connectivity index (χ1) is 20.7. The average Bonchev–Trinajstić information content (AvgIpc) is 3.87. The van der Waals surface area contributed by atoms with E-state index >= 15 is 0 Å². The van der Waals surface area contributed by atoms with Crippen LogP contribution >= 0.6 is 0 Å². The van der Waals surface area contributed by atoms with E-state index in [2.05, 4.69) is 20.5 Å². The highest BCUT2D eigenvalue weighted by Gasteiger charge is 2.33. The number of aryl methyl sites for hydroxylation is 1. The Morgan fingerprint density at radius 1 is 1.00 bits per heavy atom. The third-order valence-electron chi connectivity index (χ3n) is 7.86. The predicted octanol–water partition coefficient (Wildman–Crippen LogP) is 1.80. The maximum Gasteiger partial charge on any atom is 0.317 e. The minimum Gasteiger partial charge on any atom is -0.376 e. The Hall–Kier alpha value is -3.45. The zero-order chi connectivity index (χ0) is 30.7. The van der Waals surface area contributed by atoms with Crippen LogP contribution in [0, 0.1) is 0 Å². The van der Waals surface area contributed by atoms with Gasteiger partial charge in [-0.1, -0.05) is 54.6 Å². The molecule has 1 saturated carbocycles. The molecule has 2 amide bonds. The second-order valence-corrected chi connectivity index (χ2v) is 13.0. The molecular weight excluding hydrogens is 566 g/mol. The van der Waals surface area contributed by atoms with Gasteiger partial charge in [0.25, 0.3) is 0 Å². The molecule has 12 heteroatoms. The lowest BCUT2D eigenvalue weighted by molar-refractivity contribution is 0.0765. The number of nitrogens with one attached hydrogen (secondary N) is 2. The zero-order valence-electron chi connectivity index (χ0n) is 24.6. The van der Waals surface area contributed by atoms with Crippen LogP contribution in [0.1, 0.15) is 37.7 Å². The molecule has 1 aliphatic heterocycles. The van der Waals surface area contributed by atoms with Crippen LogP contribution in [-0.4, -0.2) is 92.4 Å². The summed E-state index contributed by atoms with van der Waals surface area (Å²) in [6, 6.07) is 17.4. The van der Waals surface area contributed by atoms with Crippen LogP contribution in [0.2, 0.25) is 0 Å². The van der Waals surface area contributed by atoms with E-state index in [1.54, 1.807) is 41.3 Å². The molecule has 2 fully saturated rings. The van der Waals surface area contributed by atoms with Gasteiger partial charge < -0.3 is 26.8 Å². The Morgan fingerprint density at radius 3 is 2.28 bits per heavy atom. The molecule has 1 heterocycles. The number of aliphatic hydroxyl groups excluding tert-OH is 1. The van der Waals surface area contributed by atoms with E-state index in [1.165, 1.54) is 18.2 Å². The molecule has 43 heavy (non-hydrogen) atoms. The number of nitrogens with two attached hydrogens (primary N) is 2. The van der Waals surface area contributed by atoms with Crippen molar-refractivity contribution in [3.8, 4) is 0 Å². The summed E-state index contributed by atoms with van der Waals surface area (Å²) in [7, 11) is -3.68. The Bertz CT molecular complexity index is 1310. The van der Waals surface area contributed by atoms with Gasteiger partial charge in [0.1, 0.15) is 6.23 Å². The maximum absolute atomic E-state index is 13.3. The predicted molar refractivity (Wildman–Crippen MR) is 169 cm³/mol. The smallest absolute Gasteiger partial charge is 0.317 e. The first-order valence-electron chi connectivity index (χ1n) is 15.0. The highest BCUT2D eigenvalue weighted by atomic mass is 32.2. The molecule has 2 aromatic carbocycles. The summed E-state index contributed by atoms with van der Waals surface area (Å²) >= 11 is 0. The highest BCUT2D eigenvalue weighted by molar-refractivity contribution is 7.94. The molecule has 0 radical (unpaired) electrons. The normalized spacial score (nSPS) is 18.2. The van der Waals surface area contributed by atoms with Gasteiger partial charge in [0, 0.05) is 50.2 Å². The largest absolute Gasteiger partial charge is 0.376 e. The van der Waals surface area contributed by atoms with Crippen LogP contribution in [0.4, 0.5) is 4.79 Å². The number of aliphatic imine (C=N–C) groups is 1. The van der Waals surface area contributed by atoms with Gasteiger partial charge in [-0.05, 0) is 56.2 Å². The van der Waals surface area contributed by atoms with Gasteiger partial charge in [0.05, 0.1) is 10.9 Å². The number of piperazine rings is 1. The number of guanidine groups is 1. The van der Waals surface area contributed by atoms with Crippen LogP contribution in [0.25, 0.3) is 0 Å². The van der Waals surface area contributed by atoms with Gasteiger partial charge in [-0.2, -0.15) is 0 Å². The van der Waals surface area contributed by atoms with E-state index in [0.717, 1.165) is 18.7 Å². The summed E-state index contributed by atoms with van der Waals surface area (Å²) in [5.74, 6) is -0.0152. The number of carbonyl (C=O) groups excluding carboxylic acids is 1. The standard InChI is InChI=1S/C31H45N7O4S/c32-30(33)34-18-7-12-28(36-31(40)38-21-19-37(20-22-38)26-15-16-26)29(39)35-25(14-13-24-8-3-1-4-9-24)17-23-43(41,42)27-10-5-2-6-11-27/h1-6,8-11,17,23,25-26,28-29,35,39H,7,12-16,18-22H2,(H,36,40)(H4,32,33,34)/b23-17+/t25-,28-,29?/m0/s1. The van der Waals surface area contributed by atoms with E-state index in [-0.39, 0.29) is 16.9 Å². The van der Waals surface area contributed by atoms with Crippen LogP contribution < -0.4 is 22.1 Å². The van der Waals surface area contributed by atoms with Gasteiger partial charge in [-0.15, -0.1) is 0 Å². The van der Waals surface area contributed by atoms with E-state index in [4.69, 9.17) is 11.5 Å². The molecule has 234 valence electrons. The van der Waals surface area contributed by atoms with E-state index in [1.807, 2.05) is 30.3 Å². The molecule has 4 rings (SSSR count). The van der Waals surface area contributed by atoms with Crippen molar-refractivity contribution in [3.63, 3.8) is 0 Å². The van der Waals surface area contributed by atoms with Crippen molar-refractivity contribution in [2.45, 2.75) is 67.8 Å². The summed E-state index contributed by atoms with van der Waals surface area (Å²) in [6.07, 6.45) is 5.01. The fourth-order valence-electron chi connectivity index (χ4n) is 5.23. The second kappa shape index (κ2) is 15.9. The number of urea groups is 1. The second-order valence-electron chi connectivity index (χ2n) is 11.2. The summed E-state index contributed by atoms with van der Waals surface area (Å²) in [4.78, 5) is 21.7. The number of benzene rings is 2. The van der Waals surface area contributed by atoms with Gasteiger partial charge >= 0.3 is 6.03 Å². The van der Waals surface area contributed by atoms with Crippen LogP contribution in [0.3, 0.4) is 0 Å². The van der Waals surface area contributed by atoms with Crippen LogP contribution in [-0.2, 0) is 16.3 Å². The molecule has 1 aliphatic carbocycles. The van der Waals surface area contributed by atoms with Crippen molar-refractivity contribution >= 4 is 21.8 Å². The lowest BCUT2D eigenvalue weighted by Gasteiger charge is -2.36. The molecule has 11 nitrogen and oxygen atoms in total. The number of hydrogen-bond acceptors (Lipinski definition) is 7. The third-order valence-corrected chi connectivity index (χ3v) is 9.30. The Labute approximate surface area is 254 Å². The summed E-state index contributed by atoms with van der Waals surface area (Å²) in [5.41, 5.74) is 12.0. The molecule has 3 atom stereocenters. The quantitative estimate of drug-likeness (QED) is 0.0880. The summed E-state index contributed by atoms with van der Waals surface area (Å²) in [6.45, 7) is 3.31. The number of hydrogen-bond donors (Lipinski definition) is 5. The number of carbonyl (C=O) groups is 1. The van der Waals surface area contributed by atoms with Crippen molar-refractivity contribution in [2.75, 3.05) is 32.7 Å². The van der Waals surface area contributed by atoms with Crippen molar-refractivity contribution in [2.24, 2.45) is 16.5 Å². The monoisotopic (exact) mass is 611 g/mol. The number of amides is 2. The first kappa shape index (κ1) is 32.5. The number of sulfone groups is 1. The van der Waals surface area contributed by atoms with Gasteiger partial charge in [0.2, 0.25) is 0 Å². The SMILES string of the molecule is NC(N)=NCCC[C@H](NC(=O)N1CCN(C2CC2)CC1)C(O)N[C@H](/C=C/S(=O)(=O)c1ccccc1)CCc1ccccc1. The minimum atomic E-state index is -3.68. The number of rotatable bonds is 15. The fraction of sp³-hybridized carbons (Fsp3) is 0.484. The molecule has 2 aliphatic rings. The van der Waals surface area contributed by atoms with Crippen LogP contribution in [0.5, 0.6) is 0 Å². The van der Waals surface area contributed by atoms with E-state index in [0.29, 0.717) is 51.4 Å². The Morgan fingerprint density at radius 2 is 1.65 bits per heavy atom. The van der Waals surface area contributed by atoms with Gasteiger partial charge in [-0.3, -0.25) is 15.2 Å². The lowest BCUT2D eigenvalue weighted by Crippen LogP contribution is -2.58. The Balaban J connectivity index is 1.45. The minimum absolute atomic E-state index is 0.0152. The molecule has 7 N–H and O–H groups in total. The molecular formula is C31H45N7O4S. The van der Waals surface area contributed by atoms with Gasteiger partial charge in [0.15, 0.2) is 15.8 Å². The zero-order valence-corrected chi connectivity index (χ0v) is 25.4. The molecule has 0 aromatic heterocycles. The fourth-order valence-corrected chi connectivity index (χ4v) is 6.32. The molecule has 0 bridgehead atoms. The molecule has 2 aromatic rings.